The number of pyridine rings is 1. The Bertz CT molecular complexity index is 919. The minimum Gasteiger partial charge on any atom is -0.381 e. The number of halogens is 1. The molecule has 1 saturated heterocycles. The maximum Gasteiger partial charge on any atom is 0.182 e. The van der Waals surface area contributed by atoms with E-state index < -0.39 is 11.2 Å². The van der Waals surface area contributed by atoms with Crippen LogP contribution in [0, 0.1) is 16.7 Å². The maximum atomic E-state index is 13.8. The molecule has 0 radical (unpaired) electrons. The topological polar surface area (TPSA) is 117 Å². The van der Waals surface area contributed by atoms with E-state index in [0.29, 0.717) is 49.4 Å². The van der Waals surface area contributed by atoms with Gasteiger partial charge in [-0.15, -0.1) is 0 Å². The molecule has 1 aliphatic heterocycles. The standard InChI is InChI=1S/C17H20FN7O/c1-17(2,10-20)12-7-14(24-3-5-26-6-4-24)23-16-11(12)9-22-25(16)15(21)13(18)8-19/h7-9,19H,3-6,21H2,1-2H3/b15-13-,19-8?. The number of hydrogen-bond donors (Lipinski definition) is 2. The Balaban J connectivity index is 2.27. The SMILES string of the molecule is CC(C)(C#N)c1cc(N2CCOCC2)nc2c1cnn2/C(N)=C(\F)C=N. The van der Waals surface area contributed by atoms with Gasteiger partial charge in [-0.25, -0.2) is 9.37 Å². The highest BCUT2D eigenvalue weighted by atomic mass is 19.1. The van der Waals surface area contributed by atoms with E-state index in [1.54, 1.807) is 13.8 Å². The van der Waals surface area contributed by atoms with Gasteiger partial charge in [0.05, 0.1) is 37.1 Å². The second-order valence-electron chi connectivity index (χ2n) is 6.54. The van der Waals surface area contributed by atoms with Gasteiger partial charge in [-0.05, 0) is 25.5 Å². The minimum absolute atomic E-state index is 0.317. The number of ether oxygens (including phenoxy) is 1. The third kappa shape index (κ3) is 2.99. The molecule has 8 nitrogen and oxygen atoms in total. The normalized spacial score (nSPS) is 16.3. The fraction of sp³-hybridized carbons (Fsp3) is 0.412. The molecule has 2 aromatic heterocycles. The first-order valence-electron chi connectivity index (χ1n) is 8.18. The molecule has 1 aliphatic rings. The third-order valence-corrected chi connectivity index (χ3v) is 4.42. The number of nitrogens with one attached hydrogen (secondary N) is 1. The second kappa shape index (κ2) is 6.72. The van der Waals surface area contributed by atoms with Gasteiger partial charge in [0.1, 0.15) is 5.82 Å². The molecule has 0 amide bonds. The van der Waals surface area contributed by atoms with Crippen LogP contribution in [0.5, 0.6) is 0 Å². The Kier molecular flexibility index (Phi) is 4.61. The van der Waals surface area contributed by atoms with Gasteiger partial charge in [-0.3, -0.25) is 0 Å². The lowest BCUT2D eigenvalue weighted by atomic mass is 9.85. The largest absolute Gasteiger partial charge is 0.381 e. The molecule has 3 rings (SSSR count). The predicted molar refractivity (Wildman–Crippen MR) is 96.5 cm³/mol. The van der Waals surface area contributed by atoms with Crippen LogP contribution in [0.15, 0.2) is 18.1 Å². The van der Waals surface area contributed by atoms with Crippen molar-refractivity contribution < 1.29 is 9.13 Å². The average Bonchev–Trinajstić information content (AvgIpc) is 3.10. The van der Waals surface area contributed by atoms with Gasteiger partial charge >= 0.3 is 0 Å². The van der Waals surface area contributed by atoms with E-state index in [9.17, 15) is 9.65 Å². The van der Waals surface area contributed by atoms with Crippen LogP contribution in [0.25, 0.3) is 16.9 Å². The summed E-state index contributed by atoms with van der Waals surface area (Å²) in [6, 6.07) is 4.16. The molecule has 0 aliphatic carbocycles. The molecule has 0 atom stereocenters. The van der Waals surface area contributed by atoms with Crippen LogP contribution < -0.4 is 10.6 Å². The van der Waals surface area contributed by atoms with Crippen LogP contribution in [-0.2, 0) is 10.2 Å². The van der Waals surface area contributed by atoms with Crippen molar-refractivity contribution in [2.45, 2.75) is 19.3 Å². The van der Waals surface area contributed by atoms with E-state index >= 15 is 0 Å². The summed E-state index contributed by atoms with van der Waals surface area (Å²) in [5, 5.41) is 21.4. The first-order valence-corrected chi connectivity index (χ1v) is 8.18. The second-order valence-corrected chi connectivity index (χ2v) is 6.54. The molecule has 0 saturated carbocycles. The van der Waals surface area contributed by atoms with E-state index in [1.807, 2.05) is 11.0 Å². The Morgan fingerprint density at radius 2 is 2.15 bits per heavy atom. The number of nitriles is 1. The summed E-state index contributed by atoms with van der Waals surface area (Å²) in [6.45, 7) is 6.11. The number of anilines is 1. The molecule has 26 heavy (non-hydrogen) atoms. The van der Waals surface area contributed by atoms with E-state index in [4.69, 9.17) is 15.9 Å². The molecule has 0 spiro atoms. The van der Waals surface area contributed by atoms with Crippen LogP contribution in [0.3, 0.4) is 0 Å². The Morgan fingerprint density at radius 1 is 1.46 bits per heavy atom. The molecule has 136 valence electrons. The fourth-order valence-electron chi connectivity index (χ4n) is 2.87. The Hall–Kier alpha value is -2.99. The zero-order valence-electron chi connectivity index (χ0n) is 14.7. The van der Waals surface area contributed by atoms with Gasteiger partial charge in [0.15, 0.2) is 17.3 Å². The van der Waals surface area contributed by atoms with Crippen molar-refractivity contribution in [3.05, 3.63) is 23.7 Å². The van der Waals surface area contributed by atoms with E-state index in [1.165, 1.54) is 6.20 Å². The van der Waals surface area contributed by atoms with Gasteiger partial charge in [-0.1, -0.05) is 0 Å². The van der Waals surface area contributed by atoms with Crippen molar-refractivity contribution in [3.63, 3.8) is 0 Å². The molecule has 0 aromatic carbocycles. The number of allylic oxidation sites excluding steroid dienone is 1. The smallest absolute Gasteiger partial charge is 0.182 e. The van der Waals surface area contributed by atoms with Crippen molar-refractivity contribution in [3.8, 4) is 6.07 Å². The molecule has 1 fully saturated rings. The van der Waals surface area contributed by atoms with Gasteiger partial charge in [0.25, 0.3) is 0 Å². The van der Waals surface area contributed by atoms with E-state index in [2.05, 4.69) is 16.2 Å². The molecule has 9 heteroatoms. The van der Waals surface area contributed by atoms with Crippen LogP contribution in [0.4, 0.5) is 10.2 Å². The van der Waals surface area contributed by atoms with Crippen LogP contribution >= 0.6 is 0 Å². The highest BCUT2D eigenvalue weighted by molar-refractivity contribution is 5.87. The van der Waals surface area contributed by atoms with Crippen LogP contribution in [-0.4, -0.2) is 47.3 Å². The van der Waals surface area contributed by atoms with E-state index in [-0.39, 0.29) is 5.82 Å². The number of aromatic nitrogens is 3. The highest BCUT2D eigenvalue weighted by Crippen LogP contribution is 2.33. The first-order chi connectivity index (χ1) is 12.4. The van der Waals surface area contributed by atoms with Crippen molar-refractivity contribution in [1.82, 2.24) is 14.8 Å². The van der Waals surface area contributed by atoms with Crippen molar-refractivity contribution >= 4 is 28.9 Å². The zero-order valence-corrected chi connectivity index (χ0v) is 14.7. The number of morpholine rings is 1. The lowest BCUT2D eigenvalue weighted by Crippen LogP contribution is -2.37. The monoisotopic (exact) mass is 357 g/mol. The zero-order chi connectivity index (χ0) is 18.9. The number of fused-ring (bicyclic) bond motifs is 1. The summed E-state index contributed by atoms with van der Waals surface area (Å²) in [5.41, 5.74) is 6.08. The lowest BCUT2D eigenvalue weighted by molar-refractivity contribution is 0.122. The first kappa shape index (κ1) is 17.8. The quantitative estimate of drug-likeness (QED) is 0.806. The van der Waals surface area contributed by atoms with Gasteiger partial charge in [0, 0.05) is 18.5 Å². The maximum absolute atomic E-state index is 13.8. The van der Waals surface area contributed by atoms with Crippen LogP contribution in [0.1, 0.15) is 19.4 Å². The highest BCUT2D eigenvalue weighted by Gasteiger charge is 2.27. The Labute approximate surface area is 150 Å². The molecular formula is C17H20FN7O. The molecule has 2 aromatic rings. The van der Waals surface area contributed by atoms with Crippen LogP contribution in [0.2, 0.25) is 0 Å². The number of rotatable bonds is 4. The summed E-state index contributed by atoms with van der Waals surface area (Å²) < 4.78 is 20.4. The third-order valence-electron chi connectivity index (χ3n) is 4.42. The number of nitrogens with two attached hydrogens (primary N) is 1. The number of hydrogen-bond acceptors (Lipinski definition) is 7. The minimum atomic E-state index is -0.908. The van der Waals surface area contributed by atoms with Gasteiger partial charge < -0.3 is 20.8 Å². The molecule has 0 unspecified atom stereocenters. The fourth-order valence-corrected chi connectivity index (χ4v) is 2.87. The average molecular weight is 357 g/mol. The van der Waals surface area contributed by atoms with E-state index in [0.717, 1.165) is 10.2 Å². The van der Waals surface area contributed by atoms with Crippen molar-refractivity contribution in [2.75, 3.05) is 31.2 Å². The summed E-state index contributed by atoms with van der Waals surface area (Å²) in [7, 11) is 0. The van der Waals surface area contributed by atoms with Gasteiger partial charge in [0.2, 0.25) is 0 Å². The summed E-state index contributed by atoms with van der Waals surface area (Å²) >= 11 is 0. The summed E-state index contributed by atoms with van der Waals surface area (Å²) in [6.07, 6.45) is 2.04. The van der Waals surface area contributed by atoms with Crippen molar-refractivity contribution in [1.29, 1.82) is 10.7 Å². The molecule has 0 bridgehead atoms. The molecule has 3 heterocycles. The summed E-state index contributed by atoms with van der Waals surface area (Å²) in [4.78, 5) is 6.66. The lowest BCUT2D eigenvalue weighted by Gasteiger charge is -2.29. The van der Waals surface area contributed by atoms with Crippen molar-refractivity contribution in [2.24, 2.45) is 5.73 Å². The summed E-state index contributed by atoms with van der Waals surface area (Å²) in [5.74, 6) is -0.569. The predicted octanol–water partition coefficient (Wildman–Crippen LogP) is 1.77. The molecular weight excluding hydrogens is 337 g/mol. The Morgan fingerprint density at radius 3 is 2.77 bits per heavy atom. The van der Waals surface area contributed by atoms with Gasteiger partial charge in [-0.2, -0.15) is 15.0 Å². The molecule has 3 N–H and O–H groups in total. The number of nitrogens with zero attached hydrogens (tertiary/aromatic N) is 5.